The molecule has 0 unspecified atom stereocenters. The predicted octanol–water partition coefficient (Wildman–Crippen LogP) is 2.59. The lowest BCUT2D eigenvalue weighted by Crippen LogP contribution is -2.06. The molecule has 1 N–H and O–H groups in total. The number of nitrogens with zero attached hydrogens (tertiary/aromatic N) is 1. The number of carboxylic acids is 1. The zero-order valence-electron chi connectivity index (χ0n) is 11.4. The second-order valence-electron chi connectivity index (χ2n) is 6.27. The van der Waals surface area contributed by atoms with E-state index >= 15 is 0 Å². The van der Waals surface area contributed by atoms with Gasteiger partial charge in [-0.15, -0.1) is 0 Å². The van der Waals surface area contributed by atoms with Gasteiger partial charge in [0.25, 0.3) is 0 Å². The Hall–Kier alpha value is -1.58. The van der Waals surface area contributed by atoms with Crippen LogP contribution in [0, 0.1) is 16.7 Å². The van der Waals surface area contributed by atoms with Crippen LogP contribution in [0.1, 0.15) is 48.5 Å². The van der Waals surface area contributed by atoms with E-state index in [0.717, 1.165) is 0 Å². The molecule has 1 aliphatic rings. The number of carbonyl (C=O) groups is 2. The standard InChI is InChI=1S/C14H19NO3/c1-13(2)11(14(13,3)4)10(16)8-6-9(12(17)18)15(5)7-8/h6-7,11H,1-5H3,(H,17,18). The third kappa shape index (κ3) is 1.51. The van der Waals surface area contributed by atoms with Crippen molar-refractivity contribution < 1.29 is 14.7 Å². The molecule has 1 aliphatic carbocycles. The molecular formula is C14H19NO3. The molecule has 2 rings (SSSR count). The monoisotopic (exact) mass is 249 g/mol. The summed E-state index contributed by atoms with van der Waals surface area (Å²) in [6.07, 6.45) is 1.61. The predicted molar refractivity (Wildman–Crippen MR) is 67.8 cm³/mol. The van der Waals surface area contributed by atoms with Gasteiger partial charge >= 0.3 is 5.97 Å². The molecule has 0 aromatic carbocycles. The Labute approximate surface area is 107 Å². The minimum Gasteiger partial charge on any atom is -0.477 e. The Morgan fingerprint density at radius 2 is 1.72 bits per heavy atom. The number of rotatable bonds is 3. The van der Waals surface area contributed by atoms with Crippen LogP contribution in [0.4, 0.5) is 0 Å². The highest BCUT2D eigenvalue weighted by Crippen LogP contribution is 2.69. The molecule has 4 heteroatoms. The Morgan fingerprint density at radius 1 is 1.22 bits per heavy atom. The molecule has 1 heterocycles. The molecule has 0 aliphatic heterocycles. The van der Waals surface area contributed by atoms with E-state index in [-0.39, 0.29) is 28.2 Å². The van der Waals surface area contributed by atoms with Gasteiger partial charge in [-0.25, -0.2) is 4.79 Å². The van der Waals surface area contributed by atoms with Gasteiger partial charge in [-0.2, -0.15) is 0 Å². The number of ketones is 1. The van der Waals surface area contributed by atoms with Crippen LogP contribution in [0.3, 0.4) is 0 Å². The highest BCUT2D eigenvalue weighted by Gasteiger charge is 2.67. The van der Waals surface area contributed by atoms with Gasteiger partial charge in [0.15, 0.2) is 5.78 Å². The molecule has 18 heavy (non-hydrogen) atoms. The Morgan fingerprint density at radius 3 is 2.06 bits per heavy atom. The quantitative estimate of drug-likeness (QED) is 0.837. The molecule has 1 saturated carbocycles. The molecule has 0 saturated heterocycles. The second kappa shape index (κ2) is 3.46. The summed E-state index contributed by atoms with van der Waals surface area (Å²) >= 11 is 0. The lowest BCUT2D eigenvalue weighted by Gasteiger charge is -2.03. The normalized spacial score (nSPS) is 20.7. The van der Waals surface area contributed by atoms with Crippen LogP contribution in [-0.2, 0) is 7.05 Å². The maximum Gasteiger partial charge on any atom is 0.352 e. The van der Waals surface area contributed by atoms with Crippen LogP contribution < -0.4 is 0 Å². The zero-order valence-corrected chi connectivity index (χ0v) is 11.4. The van der Waals surface area contributed by atoms with E-state index in [1.54, 1.807) is 13.2 Å². The molecule has 0 spiro atoms. The fourth-order valence-electron chi connectivity index (χ4n) is 2.93. The summed E-state index contributed by atoms with van der Waals surface area (Å²) in [7, 11) is 1.64. The first-order chi connectivity index (χ1) is 8.10. The van der Waals surface area contributed by atoms with Crippen LogP contribution in [-0.4, -0.2) is 21.4 Å². The van der Waals surface area contributed by atoms with Gasteiger partial charge < -0.3 is 9.67 Å². The minimum atomic E-state index is -1.01. The molecule has 0 atom stereocenters. The fraction of sp³-hybridized carbons (Fsp3) is 0.571. The molecule has 98 valence electrons. The molecule has 1 aromatic heterocycles. The fourth-order valence-corrected chi connectivity index (χ4v) is 2.93. The van der Waals surface area contributed by atoms with Crippen LogP contribution in [0.25, 0.3) is 0 Å². The summed E-state index contributed by atoms with van der Waals surface area (Å²) in [6.45, 7) is 8.32. The second-order valence-corrected chi connectivity index (χ2v) is 6.27. The van der Waals surface area contributed by atoms with Crippen molar-refractivity contribution in [1.82, 2.24) is 4.57 Å². The third-order valence-electron chi connectivity index (χ3n) is 4.79. The number of carbonyl (C=O) groups excluding carboxylic acids is 1. The van der Waals surface area contributed by atoms with Crippen LogP contribution in [0.5, 0.6) is 0 Å². The van der Waals surface area contributed by atoms with Crippen LogP contribution >= 0.6 is 0 Å². The largest absolute Gasteiger partial charge is 0.477 e. The highest BCUT2D eigenvalue weighted by atomic mass is 16.4. The summed E-state index contributed by atoms with van der Waals surface area (Å²) in [5.41, 5.74) is 0.597. The summed E-state index contributed by atoms with van der Waals surface area (Å²) in [5.74, 6) is -0.993. The first kappa shape index (κ1) is 12.9. The van der Waals surface area contributed by atoms with E-state index in [0.29, 0.717) is 5.56 Å². The number of carboxylic acid groups (broad SMARTS) is 1. The first-order valence-electron chi connectivity index (χ1n) is 6.04. The number of Topliss-reactive ketones (excluding diaryl/α,β-unsaturated/α-hetero) is 1. The third-order valence-corrected chi connectivity index (χ3v) is 4.79. The van der Waals surface area contributed by atoms with Crippen molar-refractivity contribution >= 4 is 11.8 Å². The van der Waals surface area contributed by atoms with Crippen molar-refractivity contribution in [2.24, 2.45) is 23.8 Å². The van der Waals surface area contributed by atoms with Crippen LogP contribution in [0.2, 0.25) is 0 Å². The maximum atomic E-state index is 12.4. The van der Waals surface area contributed by atoms with Crippen molar-refractivity contribution in [1.29, 1.82) is 0 Å². The Balaban J connectivity index is 2.32. The van der Waals surface area contributed by atoms with E-state index in [1.807, 2.05) is 0 Å². The van der Waals surface area contributed by atoms with Crippen LogP contribution in [0.15, 0.2) is 12.3 Å². The molecule has 0 bridgehead atoms. The average Bonchev–Trinajstić information content (AvgIpc) is 2.57. The SMILES string of the molecule is Cn1cc(C(=O)C2C(C)(C)C2(C)C)cc1C(=O)O. The van der Waals surface area contributed by atoms with E-state index in [4.69, 9.17) is 5.11 Å². The summed E-state index contributed by atoms with van der Waals surface area (Å²) in [5, 5.41) is 8.99. The first-order valence-corrected chi connectivity index (χ1v) is 6.04. The maximum absolute atomic E-state index is 12.4. The number of hydrogen-bond acceptors (Lipinski definition) is 2. The molecule has 1 fully saturated rings. The molecule has 0 amide bonds. The number of aryl methyl sites for hydroxylation is 1. The van der Waals surface area contributed by atoms with E-state index in [1.165, 1.54) is 10.6 Å². The number of aromatic nitrogens is 1. The zero-order chi connectivity index (χ0) is 13.9. The van der Waals surface area contributed by atoms with Gasteiger partial charge in [-0.1, -0.05) is 27.7 Å². The molecule has 0 radical (unpaired) electrons. The number of hydrogen-bond donors (Lipinski definition) is 1. The minimum absolute atomic E-state index is 0.0245. The van der Waals surface area contributed by atoms with Gasteiger partial charge in [-0.05, 0) is 16.9 Å². The van der Waals surface area contributed by atoms with Gasteiger partial charge in [0.1, 0.15) is 5.69 Å². The lowest BCUT2D eigenvalue weighted by atomic mass is 10.0. The smallest absolute Gasteiger partial charge is 0.352 e. The van der Waals surface area contributed by atoms with Crippen molar-refractivity contribution in [3.05, 3.63) is 23.5 Å². The van der Waals surface area contributed by atoms with Gasteiger partial charge in [0, 0.05) is 24.7 Å². The van der Waals surface area contributed by atoms with Gasteiger partial charge in [0.2, 0.25) is 0 Å². The number of aromatic carboxylic acids is 1. The molecule has 4 nitrogen and oxygen atoms in total. The Bertz CT molecular complexity index is 523. The van der Waals surface area contributed by atoms with Gasteiger partial charge in [0.05, 0.1) is 0 Å². The van der Waals surface area contributed by atoms with E-state index < -0.39 is 5.97 Å². The van der Waals surface area contributed by atoms with Crippen molar-refractivity contribution in [3.63, 3.8) is 0 Å². The topological polar surface area (TPSA) is 59.3 Å². The van der Waals surface area contributed by atoms with Gasteiger partial charge in [-0.3, -0.25) is 4.79 Å². The molecular weight excluding hydrogens is 230 g/mol. The van der Waals surface area contributed by atoms with Crippen molar-refractivity contribution in [3.8, 4) is 0 Å². The Kier molecular flexibility index (Phi) is 2.48. The van der Waals surface area contributed by atoms with Crippen molar-refractivity contribution in [2.75, 3.05) is 0 Å². The van der Waals surface area contributed by atoms with E-state index in [2.05, 4.69) is 27.7 Å². The average molecular weight is 249 g/mol. The summed E-state index contributed by atoms with van der Waals surface area (Å²) in [6, 6.07) is 1.47. The summed E-state index contributed by atoms with van der Waals surface area (Å²) in [4.78, 5) is 23.4. The lowest BCUT2D eigenvalue weighted by molar-refractivity contribution is 0.0686. The van der Waals surface area contributed by atoms with E-state index in [9.17, 15) is 9.59 Å². The summed E-state index contributed by atoms with van der Waals surface area (Å²) < 4.78 is 1.48. The van der Waals surface area contributed by atoms with Crippen molar-refractivity contribution in [2.45, 2.75) is 27.7 Å². The highest BCUT2D eigenvalue weighted by molar-refractivity contribution is 6.02. The molecule has 1 aromatic rings.